The van der Waals surface area contributed by atoms with E-state index in [-0.39, 0.29) is 17.2 Å². The Morgan fingerprint density at radius 1 is 1.25 bits per heavy atom. The SMILES string of the molecule is Cc1cc(C)n(-c2nc(CCNC(=O)c3ccc(OC(F)(F)F)cc3)cs2)n1. The third kappa shape index (κ3) is 5.10. The number of halogens is 3. The van der Waals surface area contributed by atoms with Crippen molar-refractivity contribution in [3.63, 3.8) is 0 Å². The maximum absolute atomic E-state index is 12.1. The second kappa shape index (κ2) is 8.01. The Morgan fingerprint density at radius 3 is 2.57 bits per heavy atom. The number of aromatic nitrogens is 3. The van der Waals surface area contributed by atoms with Gasteiger partial charge in [0.15, 0.2) is 0 Å². The van der Waals surface area contributed by atoms with E-state index in [0.29, 0.717) is 13.0 Å². The first-order chi connectivity index (χ1) is 13.2. The molecule has 148 valence electrons. The Kier molecular flexibility index (Phi) is 5.68. The summed E-state index contributed by atoms with van der Waals surface area (Å²) in [5, 5.41) is 9.77. The van der Waals surface area contributed by atoms with Crippen molar-refractivity contribution < 1.29 is 22.7 Å². The van der Waals surface area contributed by atoms with Gasteiger partial charge in [-0.05, 0) is 44.2 Å². The third-order valence-electron chi connectivity index (χ3n) is 3.75. The van der Waals surface area contributed by atoms with E-state index >= 15 is 0 Å². The Balaban J connectivity index is 1.52. The van der Waals surface area contributed by atoms with Gasteiger partial charge in [-0.1, -0.05) is 0 Å². The third-order valence-corrected chi connectivity index (χ3v) is 4.61. The van der Waals surface area contributed by atoms with Crippen LogP contribution in [0, 0.1) is 13.8 Å². The van der Waals surface area contributed by atoms with Gasteiger partial charge >= 0.3 is 6.36 Å². The maximum Gasteiger partial charge on any atom is 0.573 e. The molecule has 0 radical (unpaired) electrons. The predicted molar refractivity (Wildman–Crippen MR) is 97.9 cm³/mol. The van der Waals surface area contributed by atoms with Crippen LogP contribution in [0.1, 0.15) is 27.4 Å². The van der Waals surface area contributed by atoms with E-state index in [1.165, 1.54) is 23.5 Å². The summed E-state index contributed by atoms with van der Waals surface area (Å²) in [5.74, 6) is -0.754. The van der Waals surface area contributed by atoms with Crippen molar-refractivity contribution in [1.82, 2.24) is 20.1 Å². The molecule has 0 saturated carbocycles. The molecule has 6 nitrogen and oxygen atoms in total. The van der Waals surface area contributed by atoms with Crippen LogP contribution in [0.3, 0.4) is 0 Å². The molecule has 0 atom stereocenters. The molecular weight excluding hydrogens is 393 g/mol. The van der Waals surface area contributed by atoms with Crippen LogP contribution in [-0.2, 0) is 6.42 Å². The van der Waals surface area contributed by atoms with Gasteiger partial charge in [0.1, 0.15) is 5.75 Å². The highest BCUT2D eigenvalue weighted by atomic mass is 32.1. The number of carbonyl (C=O) groups is 1. The monoisotopic (exact) mass is 410 g/mol. The van der Waals surface area contributed by atoms with E-state index in [1.54, 1.807) is 4.68 Å². The zero-order chi connectivity index (χ0) is 20.3. The van der Waals surface area contributed by atoms with Crippen LogP contribution < -0.4 is 10.1 Å². The van der Waals surface area contributed by atoms with Gasteiger partial charge in [0, 0.05) is 29.6 Å². The van der Waals surface area contributed by atoms with Crippen molar-refractivity contribution in [1.29, 1.82) is 0 Å². The molecule has 10 heteroatoms. The number of hydrogen-bond donors (Lipinski definition) is 1. The molecule has 0 aliphatic heterocycles. The molecule has 0 unspecified atom stereocenters. The number of amides is 1. The van der Waals surface area contributed by atoms with Gasteiger partial charge < -0.3 is 10.1 Å². The minimum atomic E-state index is -4.76. The van der Waals surface area contributed by atoms with Crippen molar-refractivity contribution in [2.75, 3.05) is 6.54 Å². The summed E-state index contributed by atoms with van der Waals surface area (Å²) < 4.78 is 42.0. The van der Waals surface area contributed by atoms with E-state index in [9.17, 15) is 18.0 Å². The van der Waals surface area contributed by atoms with Gasteiger partial charge in [0.05, 0.1) is 11.4 Å². The van der Waals surface area contributed by atoms with Gasteiger partial charge in [-0.2, -0.15) is 5.10 Å². The van der Waals surface area contributed by atoms with Gasteiger partial charge in [0.2, 0.25) is 5.13 Å². The summed E-state index contributed by atoms with van der Waals surface area (Å²) in [6.07, 6.45) is -4.24. The van der Waals surface area contributed by atoms with Crippen LogP contribution in [0.4, 0.5) is 13.2 Å². The Labute approximate surface area is 163 Å². The Morgan fingerprint density at radius 2 is 1.96 bits per heavy atom. The summed E-state index contributed by atoms with van der Waals surface area (Å²) in [6.45, 7) is 4.21. The standard InChI is InChI=1S/C18H17F3N4O2S/c1-11-9-12(2)25(24-11)17-23-14(10-28-17)7-8-22-16(26)13-3-5-15(6-4-13)27-18(19,20)21/h3-6,9-10H,7-8H2,1-2H3,(H,22,26). The van der Waals surface area contributed by atoms with Crippen molar-refractivity contribution in [3.05, 3.63) is 58.4 Å². The highest BCUT2D eigenvalue weighted by molar-refractivity contribution is 7.12. The molecular formula is C18H17F3N4O2S. The Hall–Kier alpha value is -2.88. The second-order valence-electron chi connectivity index (χ2n) is 6.04. The fraction of sp³-hybridized carbons (Fsp3) is 0.278. The quantitative estimate of drug-likeness (QED) is 0.671. The summed E-state index contributed by atoms with van der Waals surface area (Å²) in [4.78, 5) is 16.6. The van der Waals surface area contributed by atoms with Crippen molar-refractivity contribution >= 4 is 17.2 Å². The van der Waals surface area contributed by atoms with Crippen LogP contribution >= 0.6 is 11.3 Å². The lowest BCUT2D eigenvalue weighted by Gasteiger charge is -2.09. The first-order valence-electron chi connectivity index (χ1n) is 8.33. The number of aryl methyl sites for hydroxylation is 2. The second-order valence-corrected chi connectivity index (χ2v) is 6.87. The summed E-state index contributed by atoms with van der Waals surface area (Å²) in [7, 11) is 0. The molecule has 3 rings (SSSR count). The number of rotatable bonds is 6. The summed E-state index contributed by atoms with van der Waals surface area (Å²) >= 11 is 1.46. The minimum Gasteiger partial charge on any atom is -0.406 e. The topological polar surface area (TPSA) is 69.0 Å². The van der Waals surface area contributed by atoms with Crippen LogP contribution in [0.2, 0.25) is 0 Å². The van der Waals surface area contributed by atoms with E-state index in [0.717, 1.165) is 34.3 Å². The number of carbonyl (C=O) groups excluding carboxylic acids is 1. The lowest BCUT2D eigenvalue weighted by Crippen LogP contribution is -2.25. The van der Waals surface area contributed by atoms with E-state index in [1.807, 2.05) is 25.3 Å². The largest absolute Gasteiger partial charge is 0.573 e. The lowest BCUT2D eigenvalue weighted by molar-refractivity contribution is -0.274. The average molecular weight is 410 g/mol. The molecule has 28 heavy (non-hydrogen) atoms. The molecule has 0 aliphatic rings. The van der Waals surface area contributed by atoms with Gasteiger partial charge in [0.25, 0.3) is 5.91 Å². The highest BCUT2D eigenvalue weighted by Crippen LogP contribution is 2.22. The Bertz CT molecular complexity index is 964. The molecule has 1 amide bonds. The fourth-order valence-corrected chi connectivity index (χ4v) is 3.41. The molecule has 2 heterocycles. The number of benzene rings is 1. The van der Waals surface area contributed by atoms with Crippen LogP contribution in [0.25, 0.3) is 5.13 Å². The van der Waals surface area contributed by atoms with Crippen LogP contribution in [0.5, 0.6) is 5.75 Å². The molecule has 0 saturated heterocycles. The van der Waals surface area contributed by atoms with Crippen molar-refractivity contribution in [2.45, 2.75) is 26.6 Å². The fourth-order valence-electron chi connectivity index (χ4n) is 2.55. The van der Waals surface area contributed by atoms with Crippen LogP contribution in [0.15, 0.2) is 35.7 Å². The molecule has 1 N–H and O–H groups in total. The van der Waals surface area contributed by atoms with E-state index < -0.39 is 6.36 Å². The molecule has 0 aliphatic carbocycles. The first-order valence-corrected chi connectivity index (χ1v) is 9.21. The minimum absolute atomic E-state index is 0.246. The normalized spacial score (nSPS) is 11.5. The molecule has 0 bridgehead atoms. The molecule has 3 aromatic rings. The number of nitrogens with one attached hydrogen (secondary N) is 1. The molecule has 0 spiro atoms. The van der Waals surface area contributed by atoms with E-state index in [4.69, 9.17) is 0 Å². The highest BCUT2D eigenvalue weighted by Gasteiger charge is 2.31. The zero-order valence-electron chi connectivity index (χ0n) is 15.1. The predicted octanol–water partition coefficient (Wildman–Crippen LogP) is 3.82. The maximum atomic E-state index is 12.1. The summed E-state index contributed by atoms with van der Waals surface area (Å²) in [6, 6.07) is 6.72. The van der Waals surface area contributed by atoms with Gasteiger partial charge in [-0.25, -0.2) is 9.67 Å². The number of thiazole rings is 1. The molecule has 0 fully saturated rings. The lowest BCUT2D eigenvalue weighted by atomic mass is 10.2. The number of hydrogen-bond acceptors (Lipinski definition) is 5. The molecule has 2 aromatic heterocycles. The smallest absolute Gasteiger partial charge is 0.406 e. The molecule has 1 aromatic carbocycles. The van der Waals surface area contributed by atoms with Crippen molar-refractivity contribution in [2.24, 2.45) is 0 Å². The zero-order valence-corrected chi connectivity index (χ0v) is 15.9. The first kappa shape index (κ1) is 19.9. The van der Waals surface area contributed by atoms with Crippen LogP contribution in [-0.4, -0.2) is 33.6 Å². The number of ether oxygens (including phenoxy) is 1. The summed E-state index contributed by atoms with van der Waals surface area (Å²) in [5.41, 5.74) is 2.97. The number of nitrogens with zero attached hydrogens (tertiary/aromatic N) is 3. The number of alkyl halides is 3. The van der Waals surface area contributed by atoms with E-state index in [2.05, 4.69) is 20.1 Å². The van der Waals surface area contributed by atoms with Crippen molar-refractivity contribution in [3.8, 4) is 10.9 Å². The average Bonchev–Trinajstić information content (AvgIpc) is 3.20. The van der Waals surface area contributed by atoms with Gasteiger partial charge in [-0.3, -0.25) is 4.79 Å². The van der Waals surface area contributed by atoms with Gasteiger partial charge in [-0.15, -0.1) is 24.5 Å².